The first-order chi connectivity index (χ1) is 17.3. The first-order valence-electron chi connectivity index (χ1n) is 11.7. The molecule has 0 aliphatic carbocycles. The summed E-state index contributed by atoms with van der Waals surface area (Å²) in [6, 6.07) is 10.4. The van der Waals surface area contributed by atoms with Crippen LogP contribution >= 0.6 is 11.8 Å². The van der Waals surface area contributed by atoms with Gasteiger partial charge in [0, 0.05) is 56.7 Å². The number of benzene rings is 1. The molecule has 5 rings (SSSR count). The zero-order valence-corrected chi connectivity index (χ0v) is 21.8. The van der Waals surface area contributed by atoms with Crippen LogP contribution in [-0.4, -0.2) is 98.3 Å². The molecule has 0 spiro atoms. The second-order valence-electron chi connectivity index (χ2n) is 8.83. The topological polar surface area (TPSA) is 120 Å². The van der Waals surface area contributed by atoms with Gasteiger partial charge in [-0.25, -0.2) is 4.98 Å². The van der Waals surface area contributed by atoms with Crippen LogP contribution < -0.4 is 9.04 Å². The highest BCUT2D eigenvalue weighted by molar-refractivity contribution is 8.15. The minimum atomic E-state index is -3.90. The average molecular weight is 532 g/mol. The Kier molecular flexibility index (Phi) is 7.22. The summed E-state index contributed by atoms with van der Waals surface area (Å²) < 4.78 is 38.9. The van der Waals surface area contributed by atoms with Crippen molar-refractivity contribution in [2.75, 3.05) is 57.9 Å². The van der Waals surface area contributed by atoms with Crippen molar-refractivity contribution >= 4 is 43.4 Å². The number of hydrogen-bond acceptors (Lipinski definition) is 9. The lowest BCUT2D eigenvalue weighted by Gasteiger charge is -2.37. The van der Waals surface area contributed by atoms with Crippen LogP contribution in [0.1, 0.15) is 5.69 Å². The Bertz CT molecular complexity index is 1360. The summed E-state index contributed by atoms with van der Waals surface area (Å²) in [5, 5.41) is 11.5. The minimum absolute atomic E-state index is 0.0344. The van der Waals surface area contributed by atoms with Gasteiger partial charge in [-0.15, -0.1) is 0 Å². The summed E-state index contributed by atoms with van der Waals surface area (Å²) in [5.41, 5.74) is 1.95. The van der Waals surface area contributed by atoms with Gasteiger partial charge in [0.05, 0.1) is 36.2 Å². The zero-order chi connectivity index (χ0) is 25.3. The second kappa shape index (κ2) is 10.4. The number of thioether (sulfide) groups is 1. The van der Waals surface area contributed by atoms with E-state index in [-0.39, 0.29) is 11.1 Å². The summed E-state index contributed by atoms with van der Waals surface area (Å²) in [6.07, 6.45) is 1.24. The average Bonchev–Trinajstić information content (AvgIpc) is 3.50. The number of likely N-dealkylation sites (tertiary alicyclic amines) is 1. The Hall–Kier alpha value is -2.64. The van der Waals surface area contributed by atoms with Crippen LogP contribution in [0.4, 0.5) is 5.69 Å². The lowest BCUT2D eigenvalue weighted by Crippen LogP contribution is -2.52. The Morgan fingerprint density at radius 3 is 2.81 bits per heavy atom. The molecule has 10 nitrogen and oxygen atoms in total. The van der Waals surface area contributed by atoms with Crippen molar-refractivity contribution in [3.05, 3.63) is 48.3 Å². The van der Waals surface area contributed by atoms with Crippen LogP contribution in [0.15, 0.2) is 52.6 Å². The predicted molar refractivity (Wildman–Crippen MR) is 141 cm³/mol. The van der Waals surface area contributed by atoms with Crippen LogP contribution in [-0.2, 0) is 14.8 Å². The Morgan fingerprint density at radius 2 is 2.08 bits per heavy atom. The fourth-order valence-electron chi connectivity index (χ4n) is 4.30. The third-order valence-corrected chi connectivity index (χ3v) is 9.08. The standard InChI is InChI=1S/C24H29N5O5S2/c1-28(36(31,32)22-5-3-4-6-25-22)21-11-18(34-8-7-33-2)9-16-10-20(27-23(16)21)24-26-12-19(35-24)15-29-13-17(30)14-29/h3-6,9-11,17,19,27,30H,7-8,12-15H2,1-2H3. The molecule has 2 aliphatic heterocycles. The number of aliphatic imine (C=N–C) groups is 1. The van der Waals surface area contributed by atoms with E-state index in [0.717, 1.165) is 22.7 Å². The maximum atomic E-state index is 13.4. The van der Waals surface area contributed by atoms with Crippen molar-refractivity contribution in [2.24, 2.45) is 4.99 Å². The number of hydrogen-bond donors (Lipinski definition) is 2. The number of sulfonamides is 1. The van der Waals surface area contributed by atoms with Gasteiger partial charge in [-0.3, -0.25) is 14.2 Å². The number of rotatable bonds is 10. The van der Waals surface area contributed by atoms with Crippen LogP contribution in [0.25, 0.3) is 10.9 Å². The van der Waals surface area contributed by atoms with Gasteiger partial charge in [-0.05, 0) is 24.3 Å². The van der Waals surface area contributed by atoms with E-state index in [1.54, 1.807) is 37.1 Å². The molecule has 4 heterocycles. The van der Waals surface area contributed by atoms with Crippen molar-refractivity contribution in [2.45, 2.75) is 16.4 Å². The monoisotopic (exact) mass is 531 g/mol. The zero-order valence-electron chi connectivity index (χ0n) is 20.1. The molecule has 1 atom stereocenters. The van der Waals surface area contributed by atoms with Gasteiger partial charge in [0.15, 0.2) is 5.03 Å². The summed E-state index contributed by atoms with van der Waals surface area (Å²) in [6.45, 7) is 3.76. The number of nitrogens with one attached hydrogen (secondary N) is 1. The fourth-order valence-corrected chi connectivity index (χ4v) is 6.56. The van der Waals surface area contributed by atoms with Crippen LogP contribution in [0.3, 0.4) is 0 Å². The van der Waals surface area contributed by atoms with Crippen molar-refractivity contribution < 1.29 is 23.0 Å². The molecular weight excluding hydrogens is 502 g/mol. The summed E-state index contributed by atoms with van der Waals surface area (Å²) >= 11 is 1.70. The van der Waals surface area contributed by atoms with E-state index in [4.69, 9.17) is 14.5 Å². The smallest absolute Gasteiger partial charge is 0.281 e. The number of β-amino-alcohol motifs (C(OH)–C–C–N with tert-alkyl or cyclic N) is 1. The number of aliphatic hydroxyl groups is 1. The molecule has 1 aromatic carbocycles. The number of ether oxygens (including phenoxy) is 2. The minimum Gasteiger partial charge on any atom is -0.491 e. The Balaban J connectivity index is 1.46. The third kappa shape index (κ3) is 5.09. The fraction of sp³-hybridized carbons (Fsp3) is 0.417. The van der Waals surface area contributed by atoms with Crippen molar-refractivity contribution in [1.29, 1.82) is 0 Å². The van der Waals surface area contributed by atoms with Gasteiger partial charge in [-0.2, -0.15) is 8.42 Å². The van der Waals surface area contributed by atoms with Crippen molar-refractivity contribution in [1.82, 2.24) is 14.9 Å². The number of nitrogens with zero attached hydrogens (tertiary/aromatic N) is 4. The van der Waals surface area contributed by atoms with E-state index >= 15 is 0 Å². The lowest BCUT2D eigenvalue weighted by molar-refractivity contribution is 0.00320. The third-order valence-electron chi connectivity index (χ3n) is 6.19. The molecule has 2 aromatic heterocycles. The molecule has 0 saturated carbocycles. The number of fused-ring (bicyclic) bond motifs is 1. The molecule has 12 heteroatoms. The van der Waals surface area contributed by atoms with Crippen LogP contribution in [0, 0.1) is 0 Å². The highest BCUT2D eigenvalue weighted by Gasteiger charge is 2.31. The molecule has 1 fully saturated rings. The van der Waals surface area contributed by atoms with E-state index in [1.165, 1.54) is 23.6 Å². The molecule has 1 saturated heterocycles. The van der Waals surface area contributed by atoms with E-state index < -0.39 is 10.0 Å². The quantitative estimate of drug-likeness (QED) is 0.381. The van der Waals surface area contributed by atoms with E-state index in [0.29, 0.717) is 55.1 Å². The number of aromatic nitrogens is 2. The van der Waals surface area contributed by atoms with Crippen molar-refractivity contribution in [3.8, 4) is 5.75 Å². The number of anilines is 1. The van der Waals surface area contributed by atoms with E-state index in [1.807, 2.05) is 12.1 Å². The van der Waals surface area contributed by atoms with Crippen LogP contribution in [0.2, 0.25) is 0 Å². The number of methoxy groups -OCH3 is 1. The lowest BCUT2D eigenvalue weighted by atomic mass is 10.1. The Morgan fingerprint density at radius 1 is 1.25 bits per heavy atom. The molecule has 0 radical (unpaired) electrons. The number of H-pyrrole nitrogens is 1. The van der Waals surface area contributed by atoms with E-state index in [2.05, 4.69) is 14.9 Å². The number of aromatic amines is 1. The SMILES string of the molecule is COCCOc1cc(N(C)S(=O)(=O)c2ccccn2)c2[nH]c(C3=NCC(CN4CC(O)C4)S3)cc2c1. The molecule has 192 valence electrons. The van der Waals surface area contributed by atoms with Gasteiger partial charge in [0.2, 0.25) is 0 Å². The maximum absolute atomic E-state index is 13.4. The largest absolute Gasteiger partial charge is 0.491 e. The summed E-state index contributed by atoms with van der Waals surface area (Å²) in [4.78, 5) is 14.4. The number of aliphatic hydroxyl groups excluding tert-OH is 1. The normalized spacial score (nSPS) is 18.9. The first-order valence-corrected chi connectivity index (χ1v) is 14.0. The molecule has 0 amide bonds. The molecule has 1 unspecified atom stereocenters. The van der Waals surface area contributed by atoms with Crippen molar-refractivity contribution in [3.63, 3.8) is 0 Å². The summed E-state index contributed by atoms with van der Waals surface area (Å²) in [7, 11) is -0.788. The second-order valence-corrected chi connectivity index (χ2v) is 12.0. The van der Waals surface area contributed by atoms with Gasteiger partial charge in [0.25, 0.3) is 10.0 Å². The molecule has 3 aromatic rings. The Labute approximate surface area is 214 Å². The molecule has 36 heavy (non-hydrogen) atoms. The predicted octanol–water partition coefficient (Wildman–Crippen LogP) is 1.95. The molecule has 2 N–H and O–H groups in total. The highest BCUT2D eigenvalue weighted by atomic mass is 32.2. The van der Waals surface area contributed by atoms with Gasteiger partial charge < -0.3 is 19.6 Å². The molecular formula is C24H29N5O5S2. The molecule has 0 bridgehead atoms. The van der Waals surface area contributed by atoms with Gasteiger partial charge in [-0.1, -0.05) is 17.8 Å². The summed E-state index contributed by atoms with van der Waals surface area (Å²) in [5.74, 6) is 0.540. The van der Waals surface area contributed by atoms with E-state index in [9.17, 15) is 13.5 Å². The van der Waals surface area contributed by atoms with Gasteiger partial charge in [0.1, 0.15) is 17.4 Å². The van der Waals surface area contributed by atoms with Gasteiger partial charge >= 0.3 is 0 Å². The first kappa shape index (κ1) is 25.0. The van der Waals surface area contributed by atoms with Crippen LogP contribution in [0.5, 0.6) is 5.75 Å². The maximum Gasteiger partial charge on any atom is 0.281 e. The molecule has 2 aliphatic rings. The number of pyridine rings is 1. The highest BCUT2D eigenvalue weighted by Crippen LogP contribution is 2.36.